The first-order valence-electron chi connectivity index (χ1n) is 5.72. The fraction of sp³-hybridized carbons (Fsp3) is 0.143. The molecule has 0 aliphatic rings. The molecule has 0 amide bonds. The molecule has 2 aromatic rings. The van der Waals surface area contributed by atoms with Gasteiger partial charge in [0.15, 0.2) is 17.5 Å². The maximum atomic E-state index is 13.3. The number of hydrogen-bond donors (Lipinski definition) is 1. The van der Waals surface area contributed by atoms with Crippen molar-refractivity contribution in [3.63, 3.8) is 0 Å². The van der Waals surface area contributed by atoms with Gasteiger partial charge in [-0.2, -0.15) is 0 Å². The zero-order valence-electron chi connectivity index (χ0n) is 10.1. The third-order valence-corrected chi connectivity index (χ3v) is 3.18. The van der Waals surface area contributed by atoms with Crippen molar-refractivity contribution in [2.75, 3.05) is 0 Å². The zero-order valence-corrected chi connectivity index (χ0v) is 10.9. The Bertz CT molecular complexity index is 622. The molecule has 0 radical (unpaired) electrons. The Labute approximate surface area is 118 Å². The number of nitrogens with two attached hydrogens (primary N) is 1. The molecule has 0 saturated heterocycles. The number of rotatable bonds is 3. The maximum absolute atomic E-state index is 13.3. The van der Waals surface area contributed by atoms with Crippen LogP contribution in [0.25, 0.3) is 0 Å². The topological polar surface area (TPSA) is 26.0 Å². The van der Waals surface area contributed by atoms with Crippen molar-refractivity contribution in [3.8, 4) is 0 Å². The molecule has 0 fully saturated rings. The van der Waals surface area contributed by atoms with E-state index in [1.807, 2.05) is 0 Å². The van der Waals surface area contributed by atoms with Gasteiger partial charge >= 0.3 is 0 Å². The minimum Gasteiger partial charge on any atom is -0.324 e. The lowest BCUT2D eigenvalue weighted by molar-refractivity contribution is 0.443. The Kier molecular flexibility index (Phi) is 4.30. The van der Waals surface area contributed by atoms with E-state index in [0.717, 1.165) is 12.1 Å². The van der Waals surface area contributed by atoms with Gasteiger partial charge in [0.2, 0.25) is 0 Å². The standard InChI is InChI=1S/C14H10ClF4N/c15-9-2-1-7(3-10(9)16)4-13(20)8-5-11(17)14(19)12(18)6-8/h1-3,5-6,13H,4,20H2. The van der Waals surface area contributed by atoms with Crippen LogP contribution in [0.4, 0.5) is 17.6 Å². The monoisotopic (exact) mass is 303 g/mol. The first kappa shape index (κ1) is 14.8. The van der Waals surface area contributed by atoms with Crippen LogP contribution >= 0.6 is 11.6 Å². The molecule has 2 N–H and O–H groups in total. The van der Waals surface area contributed by atoms with Crippen LogP contribution in [0.3, 0.4) is 0 Å². The van der Waals surface area contributed by atoms with E-state index >= 15 is 0 Å². The third kappa shape index (κ3) is 3.11. The van der Waals surface area contributed by atoms with Crippen LogP contribution in [0.1, 0.15) is 17.2 Å². The summed E-state index contributed by atoms with van der Waals surface area (Å²) in [7, 11) is 0. The Balaban J connectivity index is 2.23. The summed E-state index contributed by atoms with van der Waals surface area (Å²) in [5.74, 6) is -4.76. The second kappa shape index (κ2) is 5.81. The van der Waals surface area contributed by atoms with E-state index in [4.69, 9.17) is 17.3 Å². The zero-order chi connectivity index (χ0) is 14.9. The van der Waals surface area contributed by atoms with E-state index in [-0.39, 0.29) is 17.0 Å². The molecule has 6 heteroatoms. The van der Waals surface area contributed by atoms with E-state index in [1.165, 1.54) is 12.1 Å². The summed E-state index contributed by atoms with van der Waals surface area (Å²) < 4.78 is 52.3. The summed E-state index contributed by atoms with van der Waals surface area (Å²) in [6.45, 7) is 0. The highest BCUT2D eigenvalue weighted by Crippen LogP contribution is 2.23. The van der Waals surface area contributed by atoms with Crippen molar-refractivity contribution < 1.29 is 17.6 Å². The van der Waals surface area contributed by atoms with Crippen molar-refractivity contribution in [3.05, 3.63) is 69.8 Å². The Morgan fingerprint density at radius 2 is 1.55 bits per heavy atom. The van der Waals surface area contributed by atoms with E-state index < -0.39 is 29.3 Å². The molecule has 0 heterocycles. The summed E-state index contributed by atoms with van der Waals surface area (Å²) in [5.41, 5.74) is 6.40. The second-order valence-corrected chi connectivity index (χ2v) is 4.76. The number of hydrogen-bond acceptors (Lipinski definition) is 1. The number of halogens is 5. The Morgan fingerprint density at radius 1 is 0.950 bits per heavy atom. The summed E-state index contributed by atoms with van der Waals surface area (Å²) in [6, 6.07) is 4.98. The molecule has 106 valence electrons. The molecular formula is C14H10ClF4N. The van der Waals surface area contributed by atoms with E-state index in [0.29, 0.717) is 5.56 Å². The minimum atomic E-state index is -1.54. The molecule has 1 atom stereocenters. The van der Waals surface area contributed by atoms with E-state index in [1.54, 1.807) is 6.07 Å². The lowest BCUT2D eigenvalue weighted by atomic mass is 9.99. The molecule has 0 aromatic heterocycles. The molecule has 1 nitrogen and oxygen atoms in total. The predicted molar refractivity (Wildman–Crippen MR) is 68.4 cm³/mol. The summed E-state index contributed by atoms with van der Waals surface area (Å²) in [5, 5.41) is -0.0267. The summed E-state index contributed by atoms with van der Waals surface area (Å²) >= 11 is 5.55. The van der Waals surface area contributed by atoms with Gasteiger partial charge in [-0.15, -0.1) is 0 Å². The normalized spacial score (nSPS) is 12.5. The second-order valence-electron chi connectivity index (χ2n) is 4.36. The molecule has 2 aromatic carbocycles. The lowest BCUT2D eigenvalue weighted by Gasteiger charge is -2.13. The van der Waals surface area contributed by atoms with E-state index in [9.17, 15) is 17.6 Å². The van der Waals surface area contributed by atoms with Crippen LogP contribution < -0.4 is 5.73 Å². The third-order valence-electron chi connectivity index (χ3n) is 2.87. The molecule has 1 unspecified atom stereocenters. The molecule has 20 heavy (non-hydrogen) atoms. The maximum Gasteiger partial charge on any atom is 0.194 e. The number of benzene rings is 2. The Morgan fingerprint density at radius 3 is 2.10 bits per heavy atom. The average Bonchev–Trinajstić information content (AvgIpc) is 2.39. The van der Waals surface area contributed by atoms with Gasteiger partial charge < -0.3 is 5.73 Å². The summed E-state index contributed by atoms with van der Waals surface area (Å²) in [4.78, 5) is 0. The molecule has 0 aliphatic heterocycles. The van der Waals surface area contributed by atoms with Crippen LogP contribution in [0, 0.1) is 23.3 Å². The highest BCUT2D eigenvalue weighted by atomic mass is 35.5. The average molecular weight is 304 g/mol. The predicted octanol–water partition coefficient (Wildman–Crippen LogP) is 4.14. The van der Waals surface area contributed by atoms with Gasteiger partial charge in [0.25, 0.3) is 0 Å². The smallest absolute Gasteiger partial charge is 0.194 e. The molecule has 0 spiro atoms. The highest BCUT2D eigenvalue weighted by molar-refractivity contribution is 6.30. The largest absolute Gasteiger partial charge is 0.324 e. The van der Waals surface area contributed by atoms with Crippen LogP contribution in [0.5, 0.6) is 0 Å². The fourth-order valence-corrected chi connectivity index (χ4v) is 1.95. The SMILES string of the molecule is NC(Cc1ccc(Cl)c(F)c1)c1cc(F)c(F)c(F)c1. The molecular weight excluding hydrogens is 294 g/mol. The Hall–Kier alpha value is -1.59. The lowest BCUT2D eigenvalue weighted by Crippen LogP contribution is -2.14. The van der Waals surface area contributed by atoms with Crippen molar-refractivity contribution in [1.29, 1.82) is 0 Å². The van der Waals surface area contributed by atoms with Gasteiger partial charge in [0.05, 0.1) is 5.02 Å². The first-order valence-corrected chi connectivity index (χ1v) is 6.10. The summed E-state index contributed by atoms with van der Waals surface area (Å²) in [6.07, 6.45) is 0.138. The van der Waals surface area contributed by atoms with Crippen LogP contribution in [0.15, 0.2) is 30.3 Å². The van der Waals surface area contributed by atoms with Gasteiger partial charge in [-0.3, -0.25) is 0 Å². The van der Waals surface area contributed by atoms with Gasteiger partial charge in [0.1, 0.15) is 5.82 Å². The van der Waals surface area contributed by atoms with Crippen LogP contribution in [0.2, 0.25) is 5.02 Å². The first-order chi connectivity index (χ1) is 9.38. The van der Waals surface area contributed by atoms with E-state index in [2.05, 4.69) is 0 Å². The van der Waals surface area contributed by atoms with Crippen LogP contribution in [-0.2, 0) is 6.42 Å². The van der Waals surface area contributed by atoms with Crippen molar-refractivity contribution in [2.45, 2.75) is 12.5 Å². The van der Waals surface area contributed by atoms with Crippen molar-refractivity contribution in [2.24, 2.45) is 5.73 Å². The van der Waals surface area contributed by atoms with Gasteiger partial charge in [0, 0.05) is 6.04 Å². The molecule has 0 aliphatic carbocycles. The highest BCUT2D eigenvalue weighted by Gasteiger charge is 2.15. The minimum absolute atomic E-state index is 0.0267. The van der Waals surface area contributed by atoms with Crippen molar-refractivity contribution in [1.82, 2.24) is 0 Å². The van der Waals surface area contributed by atoms with Gasteiger partial charge in [-0.05, 0) is 41.8 Å². The van der Waals surface area contributed by atoms with Crippen LogP contribution in [-0.4, -0.2) is 0 Å². The molecule has 2 rings (SSSR count). The molecule has 0 saturated carbocycles. The van der Waals surface area contributed by atoms with Gasteiger partial charge in [-0.25, -0.2) is 17.6 Å². The van der Waals surface area contributed by atoms with Gasteiger partial charge in [-0.1, -0.05) is 17.7 Å². The fourth-order valence-electron chi connectivity index (χ4n) is 1.83. The quantitative estimate of drug-likeness (QED) is 0.669. The van der Waals surface area contributed by atoms with Crippen molar-refractivity contribution >= 4 is 11.6 Å². The molecule has 0 bridgehead atoms.